The van der Waals surface area contributed by atoms with Crippen molar-refractivity contribution in [2.24, 2.45) is 0 Å². The number of rotatable bonds is 6. The fraction of sp³-hybridized carbons (Fsp3) is 0.417. The molecule has 7 nitrogen and oxygen atoms in total. The summed E-state index contributed by atoms with van der Waals surface area (Å²) < 4.78 is 28.3. The normalized spacial score (nSPS) is 20.5. The second kappa shape index (κ2) is 9.50. The van der Waals surface area contributed by atoms with Crippen molar-refractivity contribution < 1.29 is 13.2 Å². The van der Waals surface area contributed by atoms with Crippen molar-refractivity contribution >= 4 is 37.5 Å². The number of carbonyl (C=O) groups excluding carboxylic acids is 1. The third-order valence-electron chi connectivity index (χ3n) is 6.47. The first kappa shape index (κ1) is 22.5. The molecule has 0 N–H and O–H groups in total. The molecule has 5 rings (SSSR count). The molecular formula is C24H28N4O3S2. The van der Waals surface area contributed by atoms with Gasteiger partial charge < -0.3 is 4.90 Å². The van der Waals surface area contributed by atoms with Gasteiger partial charge in [-0.1, -0.05) is 42.5 Å². The van der Waals surface area contributed by atoms with E-state index in [1.807, 2.05) is 53.4 Å². The van der Waals surface area contributed by atoms with Gasteiger partial charge in [0.25, 0.3) is 0 Å². The molecule has 1 unspecified atom stereocenters. The summed E-state index contributed by atoms with van der Waals surface area (Å²) in [5.41, 5.74) is 1.80. The van der Waals surface area contributed by atoms with Gasteiger partial charge in [0.05, 0.1) is 28.6 Å². The first-order valence-corrected chi connectivity index (χ1v) is 13.8. The summed E-state index contributed by atoms with van der Waals surface area (Å²) in [5, 5.41) is 1.08. The van der Waals surface area contributed by atoms with Gasteiger partial charge >= 0.3 is 0 Å². The summed E-state index contributed by atoms with van der Waals surface area (Å²) in [5.74, 6) is 0.0717. The Morgan fingerprint density at radius 1 is 0.970 bits per heavy atom. The maximum absolute atomic E-state index is 13.0. The number of fused-ring (bicyclic) bond motifs is 1. The van der Waals surface area contributed by atoms with E-state index < -0.39 is 10.0 Å². The molecule has 0 bridgehead atoms. The van der Waals surface area contributed by atoms with Gasteiger partial charge in [-0.05, 0) is 37.1 Å². The Morgan fingerprint density at radius 2 is 1.70 bits per heavy atom. The Morgan fingerprint density at radius 3 is 2.45 bits per heavy atom. The van der Waals surface area contributed by atoms with E-state index >= 15 is 0 Å². The molecule has 1 amide bonds. The molecule has 3 heterocycles. The summed E-state index contributed by atoms with van der Waals surface area (Å²) in [6, 6.07) is 17.6. The summed E-state index contributed by atoms with van der Waals surface area (Å²) in [7, 11) is -3.39. The van der Waals surface area contributed by atoms with Gasteiger partial charge in [0.2, 0.25) is 15.9 Å². The van der Waals surface area contributed by atoms with Crippen molar-refractivity contribution in [3.63, 3.8) is 0 Å². The SMILES string of the molecule is O=C(CN1CCCC1c1nc2ccccc2s1)N1CCN(S(=O)(=O)Cc2ccccc2)CC1. The van der Waals surface area contributed by atoms with Crippen LogP contribution in [-0.2, 0) is 20.6 Å². The molecule has 3 aromatic rings. The average Bonchev–Trinajstić information content (AvgIpc) is 3.46. The number of nitrogens with zero attached hydrogens (tertiary/aromatic N) is 4. The minimum Gasteiger partial charge on any atom is -0.339 e. The van der Waals surface area contributed by atoms with Crippen molar-refractivity contribution in [3.8, 4) is 0 Å². The lowest BCUT2D eigenvalue weighted by Crippen LogP contribution is -2.52. The number of benzene rings is 2. The highest BCUT2D eigenvalue weighted by molar-refractivity contribution is 7.88. The van der Waals surface area contributed by atoms with Crippen LogP contribution in [-0.4, -0.2) is 72.7 Å². The number of sulfonamides is 1. The average molecular weight is 485 g/mol. The molecule has 2 aliphatic heterocycles. The van der Waals surface area contributed by atoms with E-state index in [0.29, 0.717) is 32.7 Å². The molecule has 2 aromatic carbocycles. The van der Waals surface area contributed by atoms with Gasteiger partial charge in [-0.3, -0.25) is 9.69 Å². The highest BCUT2D eigenvalue weighted by Gasteiger charge is 2.33. The lowest BCUT2D eigenvalue weighted by atomic mass is 10.2. The zero-order chi connectivity index (χ0) is 22.8. The minimum absolute atomic E-state index is 0.000584. The van der Waals surface area contributed by atoms with Gasteiger partial charge in [-0.2, -0.15) is 4.31 Å². The summed E-state index contributed by atoms with van der Waals surface area (Å²) in [6.45, 7) is 2.82. The molecule has 0 saturated carbocycles. The third kappa shape index (κ3) is 4.96. The number of amides is 1. The van der Waals surface area contributed by atoms with Crippen molar-refractivity contribution in [2.45, 2.75) is 24.6 Å². The van der Waals surface area contributed by atoms with Crippen molar-refractivity contribution in [1.82, 2.24) is 19.1 Å². The predicted molar refractivity (Wildman–Crippen MR) is 130 cm³/mol. The Kier molecular flexibility index (Phi) is 6.47. The van der Waals surface area contributed by atoms with Crippen LogP contribution < -0.4 is 0 Å². The Labute approximate surface area is 198 Å². The van der Waals surface area contributed by atoms with Gasteiger partial charge in [0, 0.05) is 26.2 Å². The Hall–Kier alpha value is -2.33. The van der Waals surface area contributed by atoms with E-state index in [4.69, 9.17) is 4.98 Å². The summed E-state index contributed by atoms with van der Waals surface area (Å²) >= 11 is 1.71. The maximum atomic E-state index is 13.0. The third-order valence-corrected chi connectivity index (χ3v) is 9.46. The zero-order valence-corrected chi connectivity index (χ0v) is 20.1. The second-order valence-corrected chi connectivity index (χ2v) is 11.7. The lowest BCUT2D eigenvalue weighted by molar-refractivity contribution is -0.133. The quantitative estimate of drug-likeness (QED) is 0.538. The van der Waals surface area contributed by atoms with Crippen LogP contribution >= 0.6 is 11.3 Å². The number of thiazole rings is 1. The van der Waals surface area contributed by atoms with Gasteiger partial charge in [-0.15, -0.1) is 11.3 Å². The monoisotopic (exact) mass is 484 g/mol. The molecular weight excluding hydrogens is 456 g/mol. The number of para-hydroxylation sites is 1. The van der Waals surface area contributed by atoms with Gasteiger partial charge in [0.1, 0.15) is 5.01 Å². The van der Waals surface area contributed by atoms with E-state index in [2.05, 4.69) is 11.0 Å². The van der Waals surface area contributed by atoms with Crippen LogP contribution in [0, 0.1) is 0 Å². The van der Waals surface area contributed by atoms with Crippen LogP contribution in [0.25, 0.3) is 10.2 Å². The fourth-order valence-electron chi connectivity index (χ4n) is 4.69. The number of aromatic nitrogens is 1. The topological polar surface area (TPSA) is 73.8 Å². The first-order chi connectivity index (χ1) is 16.0. The fourth-order valence-corrected chi connectivity index (χ4v) is 7.35. The molecule has 0 radical (unpaired) electrons. The van der Waals surface area contributed by atoms with Crippen LogP contribution in [0.3, 0.4) is 0 Å². The molecule has 2 fully saturated rings. The van der Waals surface area contributed by atoms with Crippen molar-refractivity contribution in [1.29, 1.82) is 0 Å². The van der Waals surface area contributed by atoms with E-state index in [9.17, 15) is 13.2 Å². The molecule has 1 atom stereocenters. The number of carbonyl (C=O) groups is 1. The maximum Gasteiger partial charge on any atom is 0.236 e. The number of likely N-dealkylation sites (tertiary alicyclic amines) is 1. The van der Waals surface area contributed by atoms with Crippen LogP contribution in [0.15, 0.2) is 54.6 Å². The molecule has 2 aliphatic rings. The number of piperazine rings is 1. The zero-order valence-electron chi connectivity index (χ0n) is 18.5. The molecule has 1 aromatic heterocycles. The van der Waals surface area contributed by atoms with E-state index in [1.165, 1.54) is 9.01 Å². The molecule has 2 saturated heterocycles. The van der Waals surface area contributed by atoms with Gasteiger partial charge in [-0.25, -0.2) is 13.4 Å². The summed E-state index contributed by atoms with van der Waals surface area (Å²) in [6.07, 6.45) is 2.07. The highest BCUT2D eigenvalue weighted by atomic mass is 32.2. The van der Waals surface area contributed by atoms with E-state index in [0.717, 1.165) is 35.5 Å². The molecule has 0 aliphatic carbocycles. The van der Waals surface area contributed by atoms with Crippen LogP contribution in [0.4, 0.5) is 0 Å². The highest BCUT2D eigenvalue weighted by Crippen LogP contribution is 2.36. The molecule has 0 spiro atoms. The van der Waals surface area contributed by atoms with E-state index in [1.54, 1.807) is 11.3 Å². The minimum atomic E-state index is -3.39. The molecule has 9 heteroatoms. The molecule has 33 heavy (non-hydrogen) atoms. The largest absolute Gasteiger partial charge is 0.339 e. The van der Waals surface area contributed by atoms with Crippen LogP contribution in [0.1, 0.15) is 29.5 Å². The molecule has 174 valence electrons. The summed E-state index contributed by atoms with van der Waals surface area (Å²) in [4.78, 5) is 21.9. The standard InChI is InChI=1S/C24H28N4O3S2/c29-23(17-27-12-6-10-21(27)24-25-20-9-4-5-11-22(20)32-24)26-13-15-28(16-14-26)33(30,31)18-19-7-2-1-3-8-19/h1-5,7-9,11,21H,6,10,12-18H2. The van der Waals surface area contributed by atoms with Crippen LogP contribution in [0.2, 0.25) is 0 Å². The number of hydrogen-bond donors (Lipinski definition) is 0. The Bertz CT molecular complexity index is 1190. The van der Waals surface area contributed by atoms with Crippen LogP contribution in [0.5, 0.6) is 0 Å². The van der Waals surface area contributed by atoms with Gasteiger partial charge in [0.15, 0.2) is 0 Å². The smallest absolute Gasteiger partial charge is 0.236 e. The van der Waals surface area contributed by atoms with Crippen molar-refractivity contribution in [3.05, 3.63) is 65.2 Å². The lowest BCUT2D eigenvalue weighted by Gasteiger charge is -2.35. The number of hydrogen-bond acceptors (Lipinski definition) is 6. The first-order valence-electron chi connectivity index (χ1n) is 11.4. The Balaban J connectivity index is 1.18. The predicted octanol–water partition coefficient (Wildman–Crippen LogP) is 3.11. The van der Waals surface area contributed by atoms with E-state index in [-0.39, 0.29) is 17.7 Å². The second-order valence-electron chi connectivity index (χ2n) is 8.67. The van der Waals surface area contributed by atoms with Crippen molar-refractivity contribution in [2.75, 3.05) is 39.3 Å².